The summed E-state index contributed by atoms with van der Waals surface area (Å²) >= 11 is 0. The Labute approximate surface area is 163 Å². The average molecular weight is 419 g/mol. The summed E-state index contributed by atoms with van der Waals surface area (Å²) in [5.74, 6) is 0.134. The molecule has 0 fully saturated rings. The maximum absolute atomic E-state index is 13.2. The summed E-state index contributed by atoms with van der Waals surface area (Å²) in [4.78, 5) is 8.78. The Morgan fingerprint density at radius 1 is 1.21 bits per heavy atom. The summed E-state index contributed by atoms with van der Waals surface area (Å²) < 4.78 is 78.9. The highest BCUT2D eigenvalue weighted by molar-refractivity contribution is 6.02. The van der Waals surface area contributed by atoms with Gasteiger partial charge in [0.25, 0.3) is 0 Å². The number of nitrogens with one attached hydrogen (secondary N) is 1. The molecule has 5 nitrogen and oxygen atoms in total. The van der Waals surface area contributed by atoms with E-state index in [0.29, 0.717) is 13.1 Å². The Bertz CT molecular complexity index is 861. The zero-order valence-corrected chi connectivity index (χ0v) is 15.9. The Balaban J connectivity index is 2.55. The molecule has 29 heavy (non-hydrogen) atoms. The molecule has 0 aromatic heterocycles. The van der Waals surface area contributed by atoms with Crippen molar-refractivity contribution < 1.29 is 26.3 Å². The topological polar surface area (TPSA) is 44.4 Å². The number of halogens is 6. The molecule has 1 N–H and O–H groups in total. The summed E-state index contributed by atoms with van der Waals surface area (Å²) in [7, 11) is 0. The van der Waals surface area contributed by atoms with Gasteiger partial charge in [-0.25, -0.2) is 9.84 Å². The molecule has 0 amide bonds. The van der Waals surface area contributed by atoms with Crippen LogP contribution < -0.4 is 5.43 Å². The van der Waals surface area contributed by atoms with Crippen molar-refractivity contribution in [3.05, 3.63) is 35.2 Å². The summed E-state index contributed by atoms with van der Waals surface area (Å²) in [6, 6.07) is 2.95. The van der Waals surface area contributed by atoms with Gasteiger partial charge in [0.1, 0.15) is 17.1 Å². The van der Waals surface area contributed by atoms with Gasteiger partial charge in [-0.1, -0.05) is 6.07 Å². The molecule has 0 saturated heterocycles. The molecule has 11 heteroatoms. The molecule has 2 rings (SSSR count). The fourth-order valence-electron chi connectivity index (χ4n) is 3.00. The number of likely N-dealkylation sites (N-methyl/N-ethyl adjacent to an activating group) is 1. The second kappa shape index (κ2) is 7.93. The lowest BCUT2D eigenvalue weighted by Gasteiger charge is -2.34. The van der Waals surface area contributed by atoms with Gasteiger partial charge < -0.3 is 4.90 Å². The van der Waals surface area contributed by atoms with Crippen molar-refractivity contribution >= 4 is 22.9 Å². The van der Waals surface area contributed by atoms with Crippen molar-refractivity contribution in [2.24, 2.45) is 10.1 Å². The van der Waals surface area contributed by atoms with Crippen LogP contribution in [0.3, 0.4) is 0 Å². The third-order valence-electron chi connectivity index (χ3n) is 4.48. The third kappa shape index (κ3) is 4.81. The van der Waals surface area contributed by atoms with E-state index in [1.165, 1.54) is 13.0 Å². The normalized spacial score (nSPS) is 20.1. The number of aliphatic imine (C=N–C) groups is 1. The summed E-state index contributed by atoms with van der Waals surface area (Å²) in [6.45, 7) is 12.6. The van der Waals surface area contributed by atoms with E-state index < -0.39 is 41.3 Å². The van der Waals surface area contributed by atoms with Crippen molar-refractivity contribution in [1.29, 1.82) is 0 Å². The van der Waals surface area contributed by atoms with E-state index in [-0.39, 0.29) is 11.5 Å². The Hall–Kier alpha value is -2.77. The number of rotatable bonds is 4. The maximum atomic E-state index is 13.2. The lowest BCUT2D eigenvalue weighted by Crippen LogP contribution is -2.53. The van der Waals surface area contributed by atoms with E-state index in [2.05, 4.69) is 20.4 Å². The molecule has 158 valence electrons. The number of nitrogens with zero attached hydrogens (tertiary/aromatic N) is 4. The van der Waals surface area contributed by atoms with Crippen LogP contribution in [0.2, 0.25) is 0 Å². The van der Waals surface area contributed by atoms with Crippen molar-refractivity contribution in [3.8, 4) is 0 Å². The SMILES string of the molecule is [C-]#[N+]c1ccc(N=C(N(CC)CC)C2(C)CC(C(F)(F)F)=NN2)cc1C(F)(F)F. The second-order valence-corrected chi connectivity index (χ2v) is 6.60. The van der Waals surface area contributed by atoms with E-state index in [0.717, 1.165) is 12.1 Å². The van der Waals surface area contributed by atoms with E-state index in [9.17, 15) is 26.3 Å². The predicted octanol–water partition coefficient (Wildman–Crippen LogP) is 5.30. The first-order valence-electron chi connectivity index (χ1n) is 8.69. The van der Waals surface area contributed by atoms with Crippen molar-refractivity contribution in [1.82, 2.24) is 10.3 Å². The first kappa shape index (κ1) is 22.5. The van der Waals surface area contributed by atoms with Crippen molar-refractivity contribution in [3.63, 3.8) is 0 Å². The molecule has 0 spiro atoms. The van der Waals surface area contributed by atoms with Crippen LogP contribution in [0.5, 0.6) is 0 Å². The van der Waals surface area contributed by atoms with Crippen LogP contribution in [0.25, 0.3) is 4.85 Å². The van der Waals surface area contributed by atoms with Gasteiger partial charge in [0.15, 0.2) is 5.69 Å². The molecular formula is C18H19F6N5. The monoisotopic (exact) mass is 419 g/mol. The van der Waals surface area contributed by atoms with Gasteiger partial charge in [0.05, 0.1) is 17.8 Å². The molecule has 0 radical (unpaired) electrons. The zero-order chi connectivity index (χ0) is 22.0. The Kier molecular flexibility index (Phi) is 6.15. The fourth-order valence-corrected chi connectivity index (χ4v) is 3.00. The lowest BCUT2D eigenvalue weighted by molar-refractivity contribution is -0.136. The second-order valence-electron chi connectivity index (χ2n) is 6.60. The maximum Gasteiger partial charge on any atom is 0.431 e. The van der Waals surface area contributed by atoms with E-state index >= 15 is 0 Å². The molecule has 0 aliphatic carbocycles. The first-order valence-corrected chi connectivity index (χ1v) is 8.69. The van der Waals surface area contributed by atoms with Gasteiger partial charge in [-0.15, -0.1) is 0 Å². The fraction of sp³-hybridized carbons (Fsp3) is 0.500. The highest BCUT2D eigenvalue weighted by Gasteiger charge is 2.48. The standard InChI is InChI=1S/C18H19F6N5/c1-5-29(6-2)15(16(3)10-14(27-28-16)18(22,23)24)26-11-7-8-13(25-4)12(9-11)17(19,20)21/h7-9,28H,5-6,10H2,1-3H3. The number of amidine groups is 1. The van der Waals surface area contributed by atoms with Crippen molar-refractivity contribution in [2.75, 3.05) is 13.1 Å². The van der Waals surface area contributed by atoms with Gasteiger partial charge >= 0.3 is 12.4 Å². The molecule has 1 unspecified atom stereocenters. The molecule has 1 aliphatic heterocycles. The highest BCUT2D eigenvalue weighted by Crippen LogP contribution is 2.39. The van der Waals surface area contributed by atoms with Crippen LogP contribution in [0.4, 0.5) is 37.7 Å². The first-order chi connectivity index (χ1) is 13.4. The molecule has 0 bridgehead atoms. The molecule has 1 aromatic rings. The Morgan fingerprint density at radius 2 is 1.83 bits per heavy atom. The van der Waals surface area contributed by atoms with Crippen LogP contribution in [0.1, 0.15) is 32.8 Å². The average Bonchev–Trinajstić information content (AvgIpc) is 3.04. The van der Waals surface area contributed by atoms with Crippen LogP contribution in [0, 0.1) is 6.57 Å². The number of alkyl halides is 6. The third-order valence-corrected chi connectivity index (χ3v) is 4.48. The molecule has 0 saturated carbocycles. The van der Waals surface area contributed by atoms with Crippen LogP contribution >= 0.6 is 0 Å². The van der Waals surface area contributed by atoms with Gasteiger partial charge in [0.2, 0.25) is 0 Å². The van der Waals surface area contributed by atoms with Gasteiger partial charge in [-0.05, 0) is 32.9 Å². The number of hydrazone groups is 1. The summed E-state index contributed by atoms with van der Waals surface area (Å²) in [5, 5.41) is 3.37. The van der Waals surface area contributed by atoms with Crippen molar-refractivity contribution in [2.45, 2.75) is 45.1 Å². The largest absolute Gasteiger partial charge is 0.431 e. The van der Waals surface area contributed by atoms with Crippen LogP contribution in [-0.2, 0) is 6.18 Å². The number of hydrogen-bond acceptors (Lipinski definition) is 3. The van der Waals surface area contributed by atoms with Gasteiger partial charge in [0, 0.05) is 19.5 Å². The molecule has 1 atom stereocenters. The predicted molar refractivity (Wildman–Crippen MR) is 97.4 cm³/mol. The number of benzene rings is 1. The minimum Gasteiger partial charge on any atom is -0.359 e. The van der Waals surface area contributed by atoms with E-state index in [1.54, 1.807) is 18.7 Å². The lowest BCUT2D eigenvalue weighted by atomic mass is 9.94. The van der Waals surface area contributed by atoms with E-state index in [1.807, 2.05) is 0 Å². The minimum absolute atomic E-state index is 0.116. The highest BCUT2D eigenvalue weighted by atomic mass is 19.4. The van der Waals surface area contributed by atoms with Gasteiger partial charge in [-0.3, -0.25) is 5.43 Å². The quantitative estimate of drug-likeness (QED) is 0.312. The van der Waals surface area contributed by atoms with Crippen LogP contribution in [-0.4, -0.2) is 41.3 Å². The zero-order valence-electron chi connectivity index (χ0n) is 15.9. The minimum atomic E-state index is -4.76. The summed E-state index contributed by atoms with van der Waals surface area (Å²) in [6.07, 6.45) is -9.90. The Morgan fingerprint density at radius 3 is 2.28 bits per heavy atom. The molecule has 1 heterocycles. The molecular weight excluding hydrogens is 400 g/mol. The van der Waals surface area contributed by atoms with Gasteiger partial charge in [-0.2, -0.15) is 31.4 Å². The van der Waals surface area contributed by atoms with E-state index in [4.69, 9.17) is 6.57 Å². The van der Waals surface area contributed by atoms with Crippen LogP contribution in [0.15, 0.2) is 28.3 Å². The smallest absolute Gasteiger partial charge is 0.359 e. The molecule has 1 aromatic carbocycles. The summed E-state index contributed by atoms with van der Waals surface area (Å²) in [5.41, 5.74) is -1.76. The molecule has 1 aliphatic rings. The number of hydrogen-bond donors (Lipinski definition) is 1.